The van der Waals surface area contributed by atoms with Gasteiger partial charge in [0, 0.05) is 20.7 Å². The molecule has 0 bridgehead atoms. The molecule has 0 rings (SSSR count). The van der Waals surface area contributed by atoms with E-state index in [0.29, 0.717) is 6.54 Å². The molecule has 0 unspecified atom stereocenters. The number of allylic oxidation sites excluding steroid dienone is 2. The average Bonchev–Trinajstić information content (AvgIpc) is 2.43. The minimum absolute atomic E-state index is 0.0806. The summed E-state index contributed by atoms with van der Waals surface area (Å²) < 4.78 is 10.2. The van der Waals surface area contributed by atoms with Crippen molar-refractivity contribution in [2.45, 2.75) is 46.3 Å². The fraction of sp³-hybridized carbons (Fsp3) is 0.647. The van der Waals surface area contributed by atoms with Crippen molar-refractivity contribution >= 4 is 12.0 Å². The summed E-state index contributed by atoms with van der Waals surface area (Å²) >= 11 is 0. The minimum Gasteiger partial charge on any atom is -0.444 e. The molecule has 0 aromatic rings. The van der Waals surface area contributed by atoms with Gasteiger partial charge in [0.25, 0.3) is 0 Å². The molecule has 132 valence electrons. The third-order valence-electron chi connectivity index (χ3n) is 2.87. The Morgan fingerprint density at radius 2 is 1.87 bits per heavy atom. The maximum absolute atomic E-state index is 12.5. The van der Waals surface area contributed by atoms with Crippen LogP contribution < -0.4 is 5.32 Å². The van der Waals surface area contributed by atoms with Gasteiger partial charge in [-0.15, -0.1) is 0 Å². The maximum Gasteiger partial charge on any atom is 0.408 e. The van der Waals surface area contributed by atoms with Gasteiger partial charge in [0.1, 0.15) is 11.6 Å². The van der Waals surface area contributed by atoms with Gasteiger partial charge in [0.2, 0.25) is 5.91 Å². The summed E-state index contributed by atoms with van der Waals surface area (Å²) in [5.74, 6) is -0.235. The Bertz CT molecular complexity index is 450. The van der Waals surface area contributed by atoms with Crippen molar-refractivity contribution in [1.82, 2.24) is 10.2 Å². The van der Waals surface area contributed by atoms with E-state index < -0.39 is 17.7 Å². The molecule has 0 aromatic heterocycles. The summed E-state index contributed by atoms with van der Waals surface area (Å²) in [6.45, 7) is 9.67. The lowest BCUT2D eigenvalue weighted by Gasteiger charge is -2.26. The molecule has 0 aliphatic rings. The van der Waals surface area contributed by atoms with Gasteiger partial charge in [-0.05, 0) is 40.2 Å². The summed E-state index contributed by atoms with van der Waals surface area (Å²) in [4.78, 5) is 25.9. The fourth-order valence-corrected chi connectivity index (χ4v) is 1.86. The standard InChI is InChI=1S/C17H30N2O4/c1-8-10-13(9-2)11-19(6)15(20)14(12-22-7)18-16(21)23-17(3,4)5/h8-10,14H,11-12H2,1-7H3,(H,18,21)/b10-8-,13-9+/t14-/m1/s1. The van der Waals surface area contributed by atoms with Crippen LogP contribution in [0.25, 0.3) is 0 Å². The SMILES string of the molecule is C/C=C\C(=C/C)CN(C)C(=O)[C@@H](COC)NC(=O)OC(C)(C)C. The number of rotatable bonds is 7. The smallest absolute Gasteiger partial charge is 0.408 e. The van der Waals surface area contributed by atoms with Gasteiger partial charge in [0.05, 0.1) is 6.61 Å². The van der Waals surface area contributed by atoms with Gasteiger partial charge >= 0.3 is 6.09 Å². The molecule has 23 heavy (non-hydrogen) atoms. The van der Waals surface area contributed by atoms with Crippen molar-refractivity contribution in [3.05, 3.63) is 23.8 Å². The summed E-state index contributed by atoms with van der Waals surface area (Å²) in [6.07, 6.45) is 5.16. The highest BCUT2D eigenvalue weighted by molar-refractivity contribution is 5.86. The largest absolute Gasteiger partial charge is 0.444 e. The van der Waals surface area contributed by atoms with E-state index >= 15 is 0 Å². The van der Waals surface area contributed by atoms with Crippen LogP contribution in [0.3, 0.4) is 0 Å². The first-order chi connectivity index (χ1) is 10.6. The second kappa shape index (κ2) is 10.0. The van der Waals surface area contributed by atoms with E-state index in [0.717, 1.165) is 5.57 Å². The van der Waals surface area contributed by atoms with Crippen LogP contribution in [0.1, 0.15) is 34.6 Å². The second-order valence-electron chi connectivity index (χ2n) is 6.21. The number of hydrogen-bond acceptors (Lipinski definition) is 4. The Balaban J connectivity index is 4.87. The quantitative estimate of drug-likeness (QED) is 0.730. The molecule has 0 saturated carbocycles. The Hall–Kier alpha value is -1.82. The first kappa shape index (κ1) is 21.2. The Morgan fingerprint density at radius 1 is 1.26 bits per heavy atom. The first-order valence-corrected chi connectivity index (χ1v) is 7.66. The van der Waals surface area contributed by atoms with Crippen LogP contribution in [0.15, 0.2) is 23.8 Å². The van der Waals surface area contributed by atoms with E-state index in [1.807, 2.05) is 32.1 Å². The van der Waals surface area contributed by atoms with E-state index in [1.165, 1.54) is 7.11 Å². The number of carbonyl (C=O) groups excluding carboxylic acids is 2. The summed E-state index contributed by atoms with van der Waals surface area (Å²) in [6, 6.07) is -0.788. The number of nitrogens with zero attached hydrogens (tertiary/aromatic N) is 1. The van der Waals surface area contributed by atoms with Gasteiger partial charge in [0.15, 0.2) is 0 Å². The van der Waals surface area contributed by atoms with Crippen molar-refractivity contribution in [2.75, 3.05) is 27.3 Å². The second-order valence-corrected chi connectivity index (χ2v) is 6.21. The lowest BCUT2D eigenvalue weighted by Crippen LogP contribution is -2.51. The number of methoxy groups -OCH3 is 1. The van der Waals surface area contributed by atoms with Crippen LogP contribution in [0, 0.1) is 0 Å². The highest BCUT2D eigenvalue weighted by Crippen LogP contribution is 2.08. The number of likely N-dealkylation sites (N-methyl/N-ethyl adjacent to an activating group) is 1. The van der Waals surface area contributed by atoms with E-state index in [-0.39, 0.29) is 12.5 Å². The molecule has 1 atom stereocenters. The highest BCUT2D eigenvalue weighted by Gasteiger charge is 2.26. The average molecular weight is 326 g/mol. The van der Waals surface area contributed by atoms with Crippen LogP contribution in [-0.4, -0.2) is 55.9 Å². The molecule has 6 nitrogen and oxygen atoms in total. The minimum atomic E-state index is -0.788. The van der Waals surface area contributed by atoms with Gasteiger partial charge in [-0.1, -0.05) is 18.2 Å². The van der Waals surface area contributed by atoms with E-state index in [4.69, 9.17) is 9.47 Å². The van der Waals surface area contributed by atoms with Crippen molar-refractivity contribution in [1.29, 1.82) is 0 Å². The number of amides is 2. The summed E-state index contributed by atoms with van der Waals surface area (Å²) in [5, 5.41) is 2.56. The molecule has 0 aromatic carbocycles. The molecule has 0 saturated heterocycles. The molecule has 1 N–H and O–H groups in total. The topological polar surface area (TPSA) is 67.9 Å². The maximum atomic E-state index is 12.5. The first-order valence-electron chi connectivity index (χ1n) is 7.66. The molecule has 6 heteroatoms. The van der Waals surface area contributed by atoms with Crippen LogP contribution in [0.2, 0.25) is 0 Å². The lowest BCUT2D eigenvalue weighted by molar-refractivity contribution is -0.133. The van der Waals surface area contributed by atoms with Gasteiger partial charge in [-0.25, -0.2) is 4.79 Å². The Kier molecular flexibility index (Phi) is 9.25. The van der Waals surface area contributed by atoms with Crippen molar-refractivity contribution < 1.29 is 19.1 Å². The number of nitrogens with one attached hydrogen (secondary N) is 1. The Labute approximate surface area is 139 Å². The number of alkyl carbamates (subject to hydrolysis) is 1. The van der Waals surface area contributed by atoms with Crippen LogP contribution in [0.4, 0.5) is 4.79 Å². The molecule has 0 spiro atoms. The van der Waals surface area contributed by atoms with Crippen LogP contribution in [-0.2, 0) is 14.3 Å². The monoisotopic (exact) mass is 326 g/mol. The van der Waals surface area contributed by atoms with Gasteiger partial charge < -0.3 is 19.7 Å². The van der Waals surface area contributed by atoms with Crippen molar-refractivity contribution in [2.24, 2.45) is 0 Å². The van der Waals surface area contributed by atoms with Crippen LogP contribution >= 0.6 is 0 Å². The number of carbonyl (C=O) groups is 2. The van der Waals surface area contributed by atoms with Gasteiger partial charge in [-0.2, -0.15) is 0 Å². The molecule has 2 amide bonds. The molecular formula is C17H30N2O4. The predicted molar refractivity (Wildman–Crippen MR) is 91.2 cm³/mol. The molecule has 0 aliphatic heterocycles. The summed E-state index contributed by atoms with van der Waals surface area (Å²) in [5.41, 5.74) is 0.387. The zero-order valence-electron chi connectivity index (χ0n) is 15.3. The highest BCUT2D eigenvalue weighted by atomic mass is 16.6. The Morgan fingerprint density at radius 3 is 2.30 bits per heavy atom. The van der Waals surface area contributed by atoms with E-state index in [1.54, 1.807) is 32.7 Å². The fourth-order valence-electron chi connectivity index (χ4n) is 1.86. The normalized spacial score (nSPS) is 13.8. The third-order valence-corrected chi connectivity index (χ3v) is 2.87. The third kappa shape index (κ3) is 9.03. The zero-order chi connectivity index (χ0) is 18.0. The van der Waals surface area contributed by atoms with Gasteiger partial charge in [-0.3, -0.25) is 4.79 Å². The number of ether oxygens (including phenoxy) is 2. The molecular weight excluding hydrogens is 296 g/mol. The molecule has 0 radical (unpaired) electrons. The van der Waals surface area contributed by atoms with E-state index in [9.17, 15) is 9.59 Å². The zero-order valence-corrected chi connectivity index (χ0v) is 15.3. The number of hydrogen-bond donors (Lipinski definition) is 1. The van der Waals surface area contributed by atoms with Crippen molar-refractivity contribution in [3.8, 4) is 0 Å². The molecule has 0 aliphatic carbocycles. The summed E-state index contributed by atoms with van der Waals surface area (Å²) in [7, 11) is 3.17. The van der Waals surface area contributed by atoms with Crippen LogP contribution in [0.5, 0.6) is 0 Å². The lowest BCUT2D eigenvalue weighted by atomic mass is 10.2. The molecule has 0 fully saturated rings. The predicted octanol–water partition coefficient (Wildman–Crippen LogP) is 2.51. The van der Waals surface area contributed by atoms with E-state index in [2.05, 4.69) is 5.32 Å². The van der Waals surface area contributed by atoms with Crippen molar-refractivity contribution in [3.63, 3.8) is 0 Å². The molecule has 0 heterocycles.